The van der Waals surface area contributed by atoms with Gasteiger partial charge < -0.3 is 15.2 Å². The van der Waals surface area contributed by atoms with Crippen molar-refractivity contribution >= 4 is 24.5 Å². The van der Waals surface area contributed by atoms with E-state index in [0.717, 1.165) is 18.4 Å². The summed E-state index contributed by atoms with van der Waals surface area (Å²) in [6, 6.07) is 13.9. The van der Waals surface area contributed by atoms with E-state index in [1.807, 2.05) is 42.5 Å². The molecule has 0 fully saturated rings. The molecule has 2 aromatic carbocycles. The molecule has 1 atom stereocenters. The molecule has 5 nitrogen and oxygen atoms in total. The molecule has 0 bridgehead atoms. The second kappa shape index (κ2) is 10.6. The molecule has 0 heterocycles. The number of hydrogen-bond acceptors (Lipinski definition) is 4. The molecule has 0 radical (unpaired) electrons. The van der Waals surface area contributed by atoms with Crippen LogP contribution in [-0.2, 0) is 4.79 Å². The number of carbonyl (C=O) groups is 2. The van der Waals surface area contributed by atoms with E-state index in [9.17, 15) is 14.7 Å². The third-order valence-electron chi connectivity index (χ3n) is 4.11. The number of rotatable bonds is 10. The van der Waals surface area contributed by atoms with E-state index in [4.69, 9.17) is 4.74 Å². The smallest absolute Gasteiger partial charge is 0.326 e. The fourth-order valence-corrected chi connectivity index (χ4v) is 2.95. The molecule has 0 aliphatic heterocycles. The average molecular weight is 388 g/mol. The number of carboxylic acids is 1. The summed E-state index contributed by atoms with van der Waals surface area (Å²) in [6.45, 7) is 2.56. The zero-order chi connectivity index (χ0) is 19.6. The van der Waals surface area contributed by atoms with Crippen molar-refractivity contribution in [2.45, 2.75) is 32.2 Å². The third-order valence-corrected chi connectivity index (χ3v) is 4.37. The van der Waals surface area contributed by atoms with Crippen LogP contribution in [0.3, 0.4) is 0 Å². The van der Waals surface area contributed by atoms with E-state index in [1.165, 1.54) is 0 Å². The van der Waals surface area contributed by atoms with Gasteiger partial charge in [0.25, 0.3) is 5.91 Å². The molecule has 0 aromatic heterocycles. The number of hydrogen-bond donors (Lipinski definition) is 3. The number of nitrogens with one attached hydrogen (secondary N) is 1. The van der Waals surface area contributed by atoms with Gasteiger partial charge in [0.2, 0.25) is 0 Å². The number of carbonyl (C=O) groups excluding carboxylic acids is 1. The minimum absolute atomic E-state index is 0.240. The normalized spacial score (nSPS) is 11.6. The largest absolute Gasteiger partial charge is 0.493 e. The van der Waals surface area contributed by atoms with Crippen LogP contribution in [0.2, 0.25) is 0 Å². The highest BCUT2D eigenvalue weighted by Crippen LogP contribution is 2.31. The quantitative estimate of drug-likeness (QED) is 0.425. The fraction of sp³-hybridized carbons (Fsp3) is 0.333. The number of carboxylic acid groups (broad SMARTS) is 1. The van der Waals surface area contributed by atoms with E-state index >= 15 is 0 Å². The highest BCUT2D eigenvalue weighted by molar-refractivity contribution is 7.80. The molecular formula is C21H25NO4S. The molecule has 0 aliphatic rings. The van der Waals surface area contributed by atoms with Crippen LogP contribution in [0.5, 0.6) is 5.75 Å². The van der Waals surface area contributed by atoms with E-state index < -0.39 is 17.9 Å². The first-order valence-electron chi connectivity index (χ1n) is 9.04. The maximum Gasteiger partial charge on any atom is 0.326 e. The number of ether oxygens (including phenoxy) is 1. The van der Waals surface area contributed by atoms with Gasteiger partial charge in [0.15, 0.2) is 0 Å². The van der Waals surface area contributed by atoms with Crippen LogP contribution in [0.1, 0.15) is 36.5 Å². The summed E-state index contributed by atoms with van der Waals surface area (Å²) >= 11 is 4.08. The molecule has 0 unspecified atom stereocenters. The number of unbranched alkanes of at least 4 members (excludes halogenated alkanes) is 1. The van der Waals surface area contributed by atoms with Crippen LogP contribution in [-0.4, -0.2) is 35.4 Å². The third kappa shape index (κ3) is 5.76. The molecule has 6 heteroatoms. The molecule has 0 spiro atoms. The van der Waals surface area contributed by atoms with Gasteiger partial charge in [0, 0.05) is 0 Å². The first kappa shape index (κ1) is 20.8. The molecule has 0 saturated carbocycles. The molecular weight excluding hydrogens is 362 g/mol. The highest BCUT2D eigenvalue weighted by Gasteiger charge is 2.24. The Balaban J connectivity index is 2.42. The van der Waals surface area contributed by atoms with Crippen molar-refractivity contribution < 1.29 is 19.4 Å². The van der Waals surface area contributed by atoms with E-state index in [2.05, 4.69) is 24.9 Å². The summed E-state index contributed by atoms with van der Waals surface area (Å²) in [5.74, 6) is -0.729. The average Bonchev–Trinajstić information content (AvgIpc) is 2.68. The van der Waals surface area contributed by atoms with Crippen molar-refractivity contribution in [1.29, 1.82) is 0 Å². The summed E-state index contributed by atoms with van der Waals surface area (Å²) in [7, 11) is 0. The Morgan fingerprint density at radius 1 is 1.15 bits per heavy atom. The molecule has 2 rings (SSSR count). The van der Waals surface area contributed by atoms with E-state index in [1.54, 1.807) is 6.07 Å². The molecule has 0 saturated heterocycles. The van der Waals surface area contributed by atoms with Gasteiger partial charge in [-0.15, -0.1) is 0 Å². The molecule has 0 aliphatic carbocycles. The standard InChI is InChI=1S/C21H25NO4S/c1-2-3-13-26-18-11-7-10-16(15-8-5-4-6-9-15)19(18)20(23)22-17(12-14-27)21(24)25/h4-11,17,27H,2-3,12-14H2,1H3,(H,22,23)(H,24,25)/t17-/m0/s1. The van der Waals surface area contributed by atoms with Crippen molar-refractivity contribution in [3.05, 3.63) is 54.1 Å². The Morgan fingerprint density at radius 3 is 2.52 bits per heavy atom. The van der Waals surface area contributed by atoms with Gasteiger partial charge in [0.05, 0.1) is 12.2 Å². The van der Waals surface area contributed by atoms with Gasteiger partial charge in [-0.2, -0.15) is 12.6 Å². The SMILES string of the molecule is CCCCOc1cccc(-c2ccccc2)c1C(=O)N[C@@H](CCS)C(=O)O. The van der Waals surface area contributed by atoms with E-state index in [-0.39, 0.29) is 6.42 Å². The zero-order valence-corrected chi connectivity index (χ0v) is 16.2. The molecule has 144 valence electrons. The summed E-state index contributed by atoms with van der Waals surface area (Å²) in [5, 5.41) is 12.0. The van der Waals surface area contributed by atoms with Crippen LogP contribution in [0, 0.1) is 0 Å². The van der Waals surface area contributed by atoms with Gasteiger partial charge in [-0.1, -0.05) is 55.8 Å². The maximum absolute atomic E-state index is 13.0. The van der Waals surface area contributed by atoms with Gasteiger partial charge in [-0.25, -0.2) is 4.79 Å². The second-order valence-corrected chi connectivity index (χ2v) is 6.57. The van der Waals surface area contributed by atoms with E-state index in [0.29, 0.717) is 29.2 Å². The predicted octanol–water partition coefficient (Wildman–Crippen LogP) is 4.04. The fourth-order valence-electron chi connectivity index (χ4n) is 2.69. The Morgan fingerprint density at radius 2 is 1.89 bits per heavy atom. The lowest BCUT2D eigenvalue weighted by Crippen LogP contribution is -2.41. The molecule has 27 heavy (non-hydrogen) atoms. The summed E-state index contributed by atoms with van der Waals surface area (Å²) in [6.07, 6.45) is 2.08. The monoisotopic (exact) mass is 387 g/mol. The molecule has 1 amide bonds. The number of amides is 1. The Bertz CT molecular complexity index is 764. The van der Waals surface area contributed by atoms with Crippen LogP contribution in [0.4, 0.5) is 0 Å². The van der Waals surface area contributed by atoms with Crippen molar-refractivity contribution in [2.24, 2.45) is 0 Å². The Labute approximate surface area is 165 Å². The van der Waals surface area contributed by atoms with Crippen molar-refractivity contribution in [2.75, 3.05) is 12.4 Å². The van der Waals surface area contributed by atoms with Gasteiger partial charge in [-0.3, -0.25) is 4.79 Å². The number of benzene rings is 2. The lowest BCUT2D eigenvalue weighted by atomic mass is 9.98. The summed E-state index contributed by atoms with van der Waals surface area (Å²) in [5.41, 5.74) is 1.92. The maximum atomic E-state index is 13.0. The number of thiol groups is 1. The Kier molecular flexibility index (Phi) is 8.20. The molecule has 2 aromatic rings. The van der Waals surface area contributed by atoms with Gasteiger partial charge in [-0.05, 0) is 35.8 Å². The highest BCUT2D eigenvalue weighted by atomic mass is 32.1. The van der Waals surface area contributed by atoms with Gasteiger partial charge >= 0.3 is 5.97 Å². The number of aliphatic carboxylic acids is 1. The Hall–Kier alpha value is -2.47. The van der Waals surface area contributed by atoms with Crippen LogP contribution in [0.25, 0.3) is 11.1 Å². The van der Waals surface area contributed by atoms with Crippen molar-refractivity contribution in [1.82, 2.24) is 5.32 Å². The van der Waals surface area contributed by atoms with Crippen molar-refractivity contribution in [3.63, 3.8) is 0 Å². The van der Waals surface area contributed by atoms with Crippen LogP contribution < -0.4 is 10.1 Å². The zero-order valence-electron chi connectivity index (χ0n) is 15.4. The minimum atomic E-state index is -1.08. The lowest BCUT2D eigenvalue weighted by Gasteiger charge is -2.18. The van der Waals surface area contributed by atoms with Gasteiger partial charge in [0.1, 0.15) is 11.8 Å². The van der Waals surface area contributed by atoms with Crippen molar-refractivity contribution in [3.8, 4) is 16.9 Å². The van der Waals surface area contributed by atoms with Crippen LogP contribution >= 0.6 is 12.6 Å². The lowest BCUT2D eigenvalue weighted by molar-refractivity contribution is -0.139. The second-order valence-electron chi connectivity index (χ2n) is 6.12. The first-order chi connectivity index (χ1) is 13.1. The predicted molar refractivity (Wildman–Crippen MR) is 110 cm³/mol. The molecule has 2 N–H and O–H groups in total. The first-order valence-corrected chi connectivity index (χ1v) is 9.67. The summed E-state index contributed by atoms with van der Waals surface area (Å²) in [4.78, 5) is 24.4. The summed E-state index contributed by atoms with van der Waals surface area (Å²) < 4.78 is 5.84. The minimum Gasteiger partial charge on any atom is -0.493 e. The van der Waals surface area contributed by atoms with Crippen LogP contribution in [0.15, 0.2) is 48.5 Å². The topological polar surface area (TPSA) is 75.6 Å².